The molecule has 0 radical (unpaired) electrons. The number of rotatable bonds is 7. The molecule has 3 unspecified atom stereocenters. The lowest BCUT2D eigenvalue weighted by molar-refractivity contribution is -0.138. The van der Waals surface area contributed by atoms with Gasteiger partial charge in [-0.1, -0.05) is 23.8 Å². The van der Waals surface area contributed by atoms with E-state index in [1.807, 2.05) is 31.2 Å². The van der Waals surface area contributed by atoms with Crippen LogP contribution in [0, 0.1) is 24.6 Å². The highest BCUT2D eigenvalue weighted by Crippen LogP contribution is 2.52. The van der Waals surface area contributed by atoms with E-state index in [1.54, 1.807) is 13.2 Å². The molecule has 2 aliphatic rings. The average Bonchev–Trinajstić information content (AvgIpc) is 3.50. The van der Waals surface area contributed by atoms with E-state index in [2.05, 4.69) is 0 Å². The summed E-state index contributed by atoms with van der Waals surface area (Å²) < 4.78 is 19.2. The van der Waals surface area contributed by atoms with Crippen molar-refractivity contribution in [3.63, 3.8) is 0 Å². The van der Waals surface area contributed by atoms with Crippen molar-refractivity contribution in [3.05, 3.63) is 76.1 Å². The van der Waals surface area contributed by atoms with Gasteiger partial charge >= 0.3 is 5.97 Å². The van der Waals surface area contributed by atoms with Gasteiger partial charge in [0.25, 0.3) is 0 Å². The second-order valence-corrected chi connectivity index (χ2v) is 8.84. The first-order chi connectivity index (χ1) is 14.9. The van der Waals surface area contributed by atoms with Crippen LogP contribution in [-0.2, 0) is 4.79 Å². The largest absolute Gasteiger partial charge is 0.497 e. The lowest BCUT2D eigenvalue weighted by Gasteiger charge is -2.22. The molecule has 3 atom stereocenters. The Morgan fingerprint density at radius 2 is 1.97 bits per heavy atom. The smallest absolute Gasteiger partial charge is 0.315 e. The molecule has 0 aliphatic heterocycles. The summed E-state index contributed by atoms with van der Waals surface area (Å²) in [6, 6.07) is 12.1. The number of hydrogen-bond donors (Lipinski definition) is 2. The first kappa shape index (κ1) is 21.6. The Labute approximate surface area is 182 Å². The minimum absolute atomic E-state index is 0.00144. The van der Waals surface area contributed by atoms with Crippen LogP contribution in [0.15, 0.2) is 53.6 Å². The molecule has 164 valence electrons. The molecular formula is C26H29FO4. The Morgan fingerprint density at radius 1 is 1.19 bits per heavy atom. The molecule has 0 aromatic heterocycles. The lowest BCUT2D eigenvalue weighted by Crippen LogP contribution is -2.18. The summed E-state index contributed by atoms with van der Waals surface area (Å²) in [6.45, 7) is 1.93. The predicted molar refractivity (Wildman–Crippen MR) is 117 cm³/mol. The van der Waals surface area contributed by atoms with Crippen molar-refractivity contribution >= 4 is 5.97 Å². The van der Waals surface area contributed by atoms with Gasteiger partial charge in [-0.2, -0.15) is 0 Å². The summed E-state index contributed by atoms with van der Waals surface area (Å²) >= 11 is 0. The van der Waals surface area contributed by atoms with Crippen molar-refractivity contribution in [1.82, 2.24) is 0 Å². The third-order valence-corrected chi connectivity index (χ3v) is 6.84. The highest BCUT2D eigenvalue weighted by molar-refractivity contribution is 5.81. The monoisotopic (exact) mass is 424 g/mol. The van der Waals surface area contributed by atoms with Gasteiger partial charge in [0.2, 0.25) is 0 Å². The fourth-order valence-corrected chi connectivity index (χ4v) is 5.14. The van der Waals surface area contributed by atoms with Crippen molar-refractivity contribution in [3.8, 4) is 5.75 Å². The first-order valence-electron chi connectivity index (χ1n) is 10.9. The van der Waals surface area contributed by atoms with Crippen LogP contribution in [0.5, 0.6) is 5.75 Å². The van der Waals surface area contributed by atoms with E-state index >= 15 is 0 Å². The Hall–Kier alpha value is -2.66. The molecule has 2 aromatic carbocycles. The molecule has 5 heteroatoms. The number of aliphatic hydroxyl groups excluding tert-OH is 1. The van der Waals surface area contributed by atoms with Gasteiger partial charge in [0.1, 0.15) is 17.5 Å². The Morgan fingerprint density at radius 3 is 2.58 bits per heavy atom. The number of carboxylic acids is 1. The summed E-state index contributed by atoms with van der Waals surface area (Å²) in [7, 11) is 1.58. The van der Waals surface area contributed by atoms with Crippen molar-refractivity contribution < 1.29 is 24.1 Å². The average molecular weight is 425 g/mol. The van der Waals surface area contributed by atoms with Gasteiger partial charge < -0.3 is 14.9 Å². The highest BCUT2D eigenvalue weighted by Gasteiger charge is 2.42. The van der Waals surface area contributed by atoms with Crippen molar-refractivity contribution in [1.29, 1.82) is 0 Å². The minimum atomic E-state index is -0.861. The number of ether oxygens (including phenoxy) is 1. The molecule has 2 N–H and O–H groups in total. The predicted octanol–water partition coefficient (Wildman–Crippen LogP) is 5.20. The fourth-order valence-electron chi connectivity index (χ4n) is 5.14. The van der Waals surface area contributed by atoms with Gasteiger partial charge in [0.05, 0.1) is 7.11 Å². The standard InChI is InChI=1S/C26H29FO4/c1-15-6-9-21(31-2)13-22(15)25(26(29)30)24(16-7-8-16)18-10-19(14-28)23(12-18)17-4-3-5-20(27)11-17/h3-6,9,11,13,16,19,23,25,28H,7-8,10,12,14H2,1-2H3,(H,29,30)/b24-18+. The van der Waals surface area contributed by atoms with Crippen LogP contribution in [0.3, 0.4) is 0 Å². The number of aliphatic carboxylic acids is 1. The zero-order valence-corrected chi connectivity index (χ0v) is 18.0. The number of allylic oxidation sites excluding steroid dienone is 1. The van der Waals surface area contributed by atoms with Crippen LogP contribution in [0.2, 0.25) is 0 Å². The van der Waals surface area contributed by atoms with E-state index < -0.39 is 11.9 Å². The number of carboxylic acid groups (broad SMARTS) is 1. The van der Waals surface area contributed by atoms with Gasteiger partial charge in [-0.05, 0) is 96.9 Å². The normalized spacial score (nSPS) is 23.5. The topological polar surface area (TPSA) is 66.8 Å². The SMILES string of the molecule is COc1ccc(C)c(C(C(=O)O)/C(=C2\CC(CO)C(c3cccc(F)c3)C2)C2CC2)c1. The van der Waals surface area contributed by atoms with E-state index in [4.69, 9.17) is 4.74 Å². The van der Waals surface area contributed by atoms with Crippen LogP contribution in [0.1, 0.15) is 54.2 Å². The number of carbonyl (C=O) groups is 1. The molecule has 0 heterocycles. The minimum Gasteiger partial charge on any atom is -0.497 e. The molecule has 4 rings (SSSR count). The molecule has 2 saturated carbocycles. The van der Waals surface area contributed by atoms with E-state index in [1.165, 1.54) is 12.1 Å². The molecule has 0 saturated heterocycles. The summed E-state index contributed by atoms with van der Waals surface area (Å²) in [4.78, 5) is 12.6. The molecule has 4 nitrogen and oxygen atoms in total. The van der Waals surface area contributed by atoms with Crippen LogP contribution < -0.4 is 4.74 Å². The molecule has 2 aromatic rings. The quantitative estimate of drug-likeness (QED) is 0.599. The molecule has 0 bridgehead atoms. The molecule has 2 aliphatic carbocycles. The number of aryl methyl sites for hydroxylation is 1. The maximum absolute atomic E-state index is 13.9. The van der Waals surface area contributed by atoms with Gasteiger partial charge in [-0.3, -0.25) is 4.79 Å². The van der Waals surface area contributed by atoms with Crippen LogP contribution in [-0.4, -0.2) is 29.9 Å². The number of methoxy groups -OCH3 is 1. The first-order valence-corrected chi connectivity index (χ1v) is 10.9. The zero-order chi connectivity index (χ0) is 22.1. The van der Waals surface area contributed by atoms with E-state index in [0.29, 0.717) is 18.6 Å². The van der Waals surface area contributed by atoms with Crippen molar-refractivity contribution in [2.24, 2.45) is 11.8 Å². The Bertz CT molecular complexity index is 1010. The Balaban J connectivity index is 1.79. The number of aliphatic hydroxyl groups is 1. The molecule has 0 amide bonds. The summed E-state index contributed by atoms with van der Waals surface area (Å²) in [5, 5.41) is 20.3. The van der Waals surface area contributed by atoms with Crippen LogP contribution in [0.25, 0.3) is 0 Å². The Kier molecular flexibility index (Phi) is 6.15. The lowest BCUT2D eigenvalue weighted by atomic mass is 9.82. The number of benzene rings is 2. The maximum Gasteiger partial charge on any atom is 0.315 e. The second kappa shape index (κ2) is 8.83. The molecule has 2 fully saturated rings. The van der Waals surface area contributed by atoms with Crippen molar-refractivity contribution in [2.75, 3.05) is 13.7 Å². The van der Waals surface area contributed by atoms with Gasteiger partial charge in [0, 0.05) is 6.61 Å². The van der Waals surface area contributed by atoms with E-state index in [-0.39, 0.29) is 30.2 Å². The van der Waals surface area contributed by atoms with Gasteiger partial charge in [0.15, 0.2) is 0 Å². The summed E-state index contributed by atoms with van der Waals surface area (Å²) in [5.74, 6) is -1.03. The summed E-state index contributed by atoms with van der Waals surface area (Å²) in [5.41, 5.74) is 4.65. The second-order valence-electron chi connectivity index (χ2n) is 8.84. The van der Waals surface area contributed by atoms with Crippen molar-refractivity contribution in [2.45, 2.75) is 44.4 Å². The molecule has 31 heavy (non-hydrogen) atoms. The maximum atomic E-state index is 13.9. The van der Waals surface area contributed by atoms with E-state index in [0.717, 1.165) is 40.7 Å². The van der Waals surface area contributed by atoms with Gasteiger partial charge in [-0.25, -0.2) is 4.39 Å². The van der Waals surface area contributed by atoms with Crippen LogP contribution in [0.4, 0.5) is 4.39 Å². The fraction of sp³-hybridized carbons (Fsp3) is 0.423. The number of halogens is 1. The molecule has 0 spiro atoms. The third kappa shape index (κ3) is 4.38. The zero-order valence-electron chi connectivity index (χ0n) is 18.0. The van der Waals surface area contributed by atoms with E-state index in [9.17, 15) is 19.4 Å². The third-order valence-electron chi connectivity index (χ3n) is 6.84. The number of hydrogen-bond acceptors (Lipinski definition) is 3. The summed E-state index contributed by atoms with van der Waals surface area (Å²) in [6.07, 6.45) is 3.28. The van der Waals surface area contributed by atoms with Gasteiger partial charge in [-0.15, -0.1) is 0 Å². The highest BCUT2D eigenvalue weighted by atomic mass is 19.1. The van der Waals surface area contributed by atoms with Crippen LogP contribution >= 0.6 is 0 Å². The molecular weight excluding hydrogens is 395 g/mol.